The van der Waals surface area contributed by atoms with E-state index in [1.54, 1.807) is 12.4 Å². The summed E-state index contributed by atoms with van der Waals surface area (Å²) in [6.07, 6.45) is 2.63. The van der Waals surface area contributed by atoms with Gasteiger partial charge in [-0.1, -0.05) is 23.7 Å². The van der Waals surface area contributed by atoms with Crippen molar-refractivity contribution < 1.29 is 9.53 Å². The molecule has 3 aromatic rings. The van der Waals surface area contributed by atoms with Gasteiger partial charge in [0.1, 0.15) is 12.1 Å². The van der Waals surface area contributed by atoms with Gasteiger partial charge < -0.3 is 14.6 Å². The molecule has 0 bridgehead atoms. The maximum absolute atomic E-state index is 12.3. The molecule has 0 radical (unpaired) electrons. The smallest absolute Gasteiger partial charge is 0.224 e. The van der Waals surface area contributed by atoms with Crippen molar-refractivity contribution in [3.8, 4) is 5.75 Å². The molecule has 1 aromatic heterocycles. The van der Waals surface area contributed by atoms with E-state index < -0.39 is 0 Å². The van der Waals surface area contributed by atoms with Crippen LogP contribution in [0.4, 0.5) is 5.69 Å². The van der Waals surface area contributed by atoms with E-state index in [0.717, 1.165) is 27.1 Å². The molecule has 2 aromatic carbocycles. The standard InChI is InChI=1S/C20H21ClN4O2S/c1-14-12-15(21)9-10-17(14)27-11-5-8-19(26)23-16-6-3-4-7-18(16)28-20-24-22-13-25(20)2/h3-4,6-7,9-10,12-13H,5,8,11H2,1-2H3,(H,23,26). The molecule has 0 atom stereocenters. The van der Waals surface area contributed by atoms with Crippen LogP contribution in [0.2, 0.25) is 5.02 Å². The highest BCUT2D eigenvalue weighted by molar-refractivity contribution is 7.99. The SMILES string of the molecule is Cc1cc(Cl)ccc1OCCCC(=O)Nc1ccccc1Sc1nncn1C. The zero-order valence-corrected chi connectivity index (χ0v) is 17.3. The van der Waals surface area contributed by atoms with Crippen LogP contribution in [0, 0.1) is 6.92 Å². The van der Waals surface area contributed by atoms with Crippen LogP contribution < -0.4 is 10.1 Å². The minimum Gasteiger partial charge on any atom is -0.493 e. The number of rotatable bonds is 8. The average Bonchev–Trinajstić information content (AvgIpc) is 3.06. The summed E-state index contributed by atoms with van der Waals surface area (Å²) in [5.74, 6) is 0.734. The average molecular weight is 417 g/mol. The highest BCUT2D eigenvalue weighted by Gasteiger charge is 2.11. The second-order valence-corrected chi connectivity index (χ2v) is 7.68. The molecule has 0 saturated heterocycles. The number of nitrogens with one attached hydrogen (secondary N) is 1. The van der Waals surface area contributed by atoms with Crippen molar-refractivity contribution >= 4 is 35.0 Å². The lowest BCUT2D eigenvalue weighted by Crippen LogP contribution is -2.13. The molecule has 0 fully saturated rings. The van der Waals surface area contributed by atoms with E-state index in [-0.39, 0.29) is 5.91 Å². The molecule has 28 heavy (non-hydrogen) atoms. The summed E-state index contributed by atoms with van der Waals surface area (Å²) < 4.78 is 7.57. The first-order valence-electron chi connectivity index (χ1n) is 8.82. The number of halogens is 1. The van der Waals surface area contributed by atoms with Gasteiger partial charge in [-0.3, -0.25) is 4.79 Å². The highest BCUT2D eigenvalue weighted by Crippen LogP contribution is 2.31. The predicted octanol–water partition coefficient (Wildman–Crippen LogP) is 4.73. The summed E-state index contributed by atoms with van der Waals surface area (Å²) in [5, 5.41) is 12.4. The number of aromatic nitrogens is 3. The van der Waals surface area contributed by atoms with Crippen LogP contribution >= 0.6 is 23.4 Å². The molecular weight excluding hydrogens is 396 g/mol. The number of nitrogens with zero attached hydrogens (tertiary/aromatic N) is 3. The molecule has 8 heteroatoms. The van der Waals surface area contributed by atoms with Gasteiger partial charge in [-0.15, -0.1) is 10.2 Å². The monoisotopic (exact) mass is 416 g/mol. The Balaban J connectivity index is 1.50. The van der Waals surface area contributed by atoms with Gasteiger partial charge in [0.25, 0.3) is 0 Å². The van der Waals surface area contributed by atoms with E-state index in [4.69, 9.17) is 16.3 Å². The summed E-state index contributed by atoms with van der Waals surface area (Å²) in [5.41, 5.74) is 1.74. The third-order valence-electron chi connectivity index (χ3n) is 3.97. The molecule has 0 aliphatic heterocycles. The molecule has 0 aliphatic carbocycles. The van der Waals surface area contributed by atoms with Gasteiger partial charge in [0.05, 0.1) is 12.3 Å². The van der Waals surface area contributed by atoms with Gasteiger partial charge in [-0.25, -0.2) is 0 Å². The fourth-order valence-corrected chi connectivity index (χ4v) is 3.60. The van der Waals surface area contributed by atoms with Crippen LogP contribution in [0.5, 0.6) is 5.75 Å². The van der Waals surface area contributed by atoms with Gasteiger partial charge in [-0.2, -0.15) is 0 Å². The van der Waals surface area contributed by atoms with Gasteiger partial charge in [-0.05, 0) is 61.0 Å². The third kappa shape index (κ3) is 5.50. The number of hydrogen-bond donors (Lipinski definition) is 1. The molecular formula is C20H21ClN4O2S. The molecule has 1 N–H and O–H groups in total. The molecule has 0 saturated carbocycles. The Morgan fingerprint density at radius 1 is 1.29 bits per heavy atom. The fourth-order valence-electron chi connectivity index (χ4n) is 2.52. The zero-order chi connectivity index (χ0) is 19.9. The maximum Gasteiger partial charge on any atom is 0.224 e. The maximum atomic E-state index is 12.3. The second-order valence-electron chi connectivity index (χ2n) is 6.23. The Morgan fingerprint density at radius 3 is 2.86 bits per heavy atom. The van der Waals surface area contributed by atoms with Crippen LogP contribution in [0.1, 0.15) is 18.4 Å². The number of carbonyl (C=O) groups is 1. The minimum atomic E-state index is -0.0533. The topological polar surface area (TPSA) is 69.0 Å². The van der Waals surface area contributed by atoms with E-state index in [0.29, 0.717) is 24.5 Å². The first kappa shape index (κ1) is 20.2. The first-order chi connectivity index (χ1) is 13.5. The Morgan fingerprint density at radius 2 is 2.11 bits per heavy atom. The quantitative estimate of drug-likeness (QED) is 0.538. The Labute approximate surface area is 173 Å². The van der Waals surface area contributed by atoms with Gasteiger partial charge in [0, 0.05) is 23.4 Å². The molecule has 6 nitrogen and oxygen atoms in total. The number of aryl methyl sites for hydroxylation is 2. The van der Waals surface area contributed by atoms with E-state index in [9.17, 15) is 4.79 Å². The summed E-state index contributed by atoms with van der Waals surface area (Å²) in [6.45, 7) is 2.41. The van der Waals surface area contributed by atoms with Crippen LogP contribution in [0.3, 0.4) is 0 Å². The van der Waals surface area contributed by atoms with Gasteiger partial charge in [0.2, 0.25) is 5.91 Å². The second kappa shape index (κ2) is 9.61. The zero-order valence-electron chi connectivity index (χ0n) is 15.7. The first-order valence-corrected chi connectivity index (χ1v) is 10.0. The van der Waals surface area contributed by atoms with Crippen molar-refractivity contribution in [1.82, 2.24) is 14.8 Å². The van der Waals surface area contributed by atoms with E-state index in [1.165, 1.54) is 11.8 Å². The van der Waals surface area contributed by atoms with Crippen LogP contribution in [-0.4, -0.2) is 27.3 Å². The van der Waals surface area contributed by atoms with Crippen LogP contribution in [0.15, 0.2) is 58.8 Å². The summed E-state index contributed by atoms with van der Waals surface area (Å²) >= 11 is 7.40. The Kier molecular flexibility index (Phi) is 6.95. The van der Waals surface area contributed by atoms with Gasteiger partial charge in [0.15, 0.2) is 5.16 Å². The molecule has 1 amide bonds. The third-order valence-corrected chi connectivity index (χ3v) is 5.34. The van der Waals surface area contributed by atoms with Gasteiger partial charge >= 0.3 is 0 Å². The van der Waals surface area contributed by atoms with Crippen molar-refractivity contribution in [2.24, 2.45) is 7.05 Å². The number of amides is 1. The highest BCUT2D eigenvalue weighted by atomic mass is 35.5. The molecule has 3 rings (SSSR count). The minimum absolute atomic E-state index is 0.0533. The van der Waals surface area contributed by atoms with Crippen molar-refractivity contribution in [3.05, 3.63) is 59.4 Å². The van der Waals surface area contributed by atoms with Crippen molar-refractivity contribution in [2.75, 3.05) is 11.9 Å². The fraction of sp³-hybridized carbons (Fsp3) is 0.250. The lowest BCUT2D eigenvalue weighted by molar-refractivity contribution is -0.116. The predicted molar refractivity (Wildman–Crippen MR) is 111 cm³/mol. The number of benzene rings is 2. The number of hydrogen-bond acceptors (Lipinski definition) is 5. The largest absolute Gasteiger partial charge is 0.493 e. The number of para-hydroxylation sites is 1. The lowest BCUT2D eigenvalue weighted by Gasteiger charge is -2.11. The number of anilines is 1. The van der Waals surface area contributed by atoms with E-state index >= 15 is 0 Å². The Bertz CT molecular complexity index is 961. The Hall–Kier alpha value is -2.51. The number of carbonyl (C=O) groups excluding carboxylic acids is 1. The molecule has 1 heterocycles. The normalized spacial score (nSPS) is 10.7. The lowest BCUT2D eigenvalue weighted by atomic mass is 10.2. The summed E-state index contributed by atoms with van der Waals surface area (Å²) in [6, 6.07) is 13.1. The summed E-state index contributed by atoms with van der Waals surface area (Å²) in [7, 11) is 1.88. The van der Waals surface area contributed by atoms with E-state index in [1.807, 2.05) is 54.9 Å². The number of ether oxygens (including phenoxy) is 1. The molecule has 0 unspecified atom stereocenters. The van der Waals surface area contributed by atoms with Crippen molar-refractivity contribution in [1.29, 1.82) is 0 Å². The van der Waals surface area contributed by atoms with Crippen molar-refractivity contribution in [2.45, 2.75) is 29.8 Å². The van der Waals surface area contributed by atoms with Crippen molar-refractivity contribution in [3.63, 3.8) is 0 Å². The van der Waals surface area contributed by atoms with Crippen LogP contribution in [-0.2, 0) is 11.8 Å². The van der Waals surface area contributed by atoms with Crippen LogP contribution in [0.25, 0.3) is 0 Å². The summed E-state index contributed by atoms with van der Waals surface area (Å²) in [4.78, 5) is 13.2. The molecule has 0 spiro atoms. The molecule has 0 aliphatic rings. The molecule has 146 valence electrons. The van der Waals surface area contributed by atoms with E-state index in [2.05, 4.69) is 15.5 Å².